The summed E-state index contributed by atoms with van der Waals surface area (Å²) in [6.45, 7) is 15.2. The summed E-state index contributed by atoms with van der Waals surface area (Å²) in [7, 11) is 2.17. The smallest absolute Gasteiger partial charge is 0.217 e. The first-order valence-electron chi connectivity index (χ1n) is 14.3. The van der Waals surface area contributed by atoms with E-state index in [0.717, 1.165) is 23.0 Å². The summed E-state index contributed by atoms with van der Waals surface area (Å²) in [4.78, 5) is 17.5. The highest BCUT2D eigenvalue weighted by molar-refractivity contribution is 7.99. The average Bonchev–Trinajstić information content (AvgIpc) is 2.92. The molecule has 0 fully saturated rings. The topological polar surface area (TPSA) is 42.6 Å². The van der Waals surface area contributed by atoms with Crippen LogP contribution in [-0.4, -0.2) is 15.0 Å². The van der Waals surface area contributed by atoms with E-state index in [0.29, 0.717) is 0 Å². The van der Waals surface area contributed by atoms with Crippen LogP contribution in [-0.2, 0) is 17.9 Å². The van der Waals surface area contributed by atoms with Crippen LogP contribution in [0.2, 0.25) is 0 Å². The van der Waals surface area contributed by atoms with Gasteiger partial charge in [0.2, 0.25) is 5.69 Å². The lowest BCUT2D eigenvalue weighted by Crippen LogP contribution is -2.31. The molecule has 0 unspecified atom stereocenters. The van der Waals surface area contributed by atoms with Gasteiger partial charge in [0.1, 0.15) is 18.7 Å². The number of hydrogen-bond donors (Lipinski definition) is 0. The summed E-state index contributed by atoms with van der Waals surface area (Å²) < 4.78 is 2.29. The zero-order valence-electron chi connectivity index (χ0n) is 25.0. The fourth-order valence-electron chi connectivity index (χ4n) is 5.94. The molecule has 0 amide bonds. The second-order valence-electron chi connectivity index (χ2n) is 13.4. The van der Waals surface area contributed by atoms with E-state index in [1.807, 2.05) is 11.8 Å². The standard InChI is InChI=1S/C36H35N4S/c1-20-24-12-10-9-11-21(24)18-27-29(20)31-30-25(15-16-40(31)8)26-17-23(14-13-22(26)19-28(30)41-27)32-37-33(35(2,3)4)39-34(38-32)36(5,6)7/h9-19H,1-8H3/q+1. The monoisotopic (exact) mass is 555 g/mol. The third kappa shape index (κ3) is 4.13. The van der Waals surface area contributed by atoms with Crippen molar-refractivity contribution in [2.45, 2.75) is 69.1 Å². The van der Waals surface area contributed by atoms with Gasteiger partial charge in [-0.05, 0) is 52.2 Å². The predicted octanol–water partition coefficient (Wildman–Crippen LogP) is 8.86. The molecule has 0 aliphatic carbocycles. The Hall–Kier alpha value is -3.83. The molecule has 0 atom stereocenters. The van der Waals surface area contributed by atoms with Gasteiger partial charge in [0.05, 0.1) is 10.9 Å². The number of aromatic nitrogens is 4. The van der Waals surface area contributed by atoms with Gasteiger partial charge in [0.25, 0.3) is 0 Å². The molecule has 41 heavy (non-hydrogen) atoms. The molecule has 0 N–H and O–H groups in total. The lowest BCUT2D eigenvalue weighted by Gasteiger charge is -2.23. The van der Waals surface area contributed by atoms with Gasteiger partial charge in [-0.15, -0.1) is 0 Å². The van der Waals surface area contributed by atoms with Gasteiger partial charge in [-0.1, -0.05) is 89.7 Å². The number of rotatable bonds is 1. The molecule has 3 heterocycles. The zero-order chi connectivity index (χ0) is 28.8. The highest BCUT2D eigenvalue weighted by Crippen LogP contribution is 2.51. The summed E-state index contributed by atoms with van der Waals surface area (Å²) in [5.74, 6) is 2.39. The minimum atomic E-state index is -0.177. The first kappa shape index (κ1) is 26.1. The van der Waals surface area contributed by atoms with Crippen LogP contribution in [0.5, 0.6) is 0 Å². The number of hydrogen-bond acceptors (Lipinski definition) is 4. The molecule has 4 nitrogen and oxygen atoms in total. The van der Waals surface area contributed by atoms with Crippen LogP contribution in [0.3, 0.4) is 0 Å². The lowest BCUT2D eigenvalue weighted by atomic mass is 9.92. The second-order valence-corrected chi connectivity index (χ2v) is 14.5. The van der Waals surface area contributed by atoms with Crippen LogP contribution in [0.1, 0.15) is 58.8 Å². The Bertz CT molecular complexity index is 2030. The molecule has 6 aromatic rings. The molecule has 1 aliphatic heterocycles. The highest BCUT2D eigenvalue weighted by atomic mass is 32.2. The van der Waals surface area contributed by atoms with Crippen molar-refractivity contribution in [1.82, 2.24) is 15.0 Å². The number of pyridine rings is 1. The zero-order valence-corrected chi connectivity index (χ0v) is 25.9. The molecule has 4 aromatic carbocycles. The van der Waals surface area contributed by atoms with E-state index in [4.69, 9.17) is 15.0 Å². The number of nitrogens with zero attached hydrogens (tertiary/aromatic N) is 4. The Labute approximate surface area is 245 Å². The molecule has 0 bridgehead atoms. The van der Waals surface area contributed by atoms with Crippen molar-refractivity contribution in [1.29, 1.82) is 0 Å². The quantitative estimate of drug-likeness (QED) is 0.150. The van der Waals surface area contributed by atoms with E-state index < -0.39 is 0 Å². The number of fused-ring (bicyclic) bond motifs is 5. The first-order chi connectivity index (χ1) is 19.4. The lowest BCUT2D eigenvalue weighted by molar-refractivity contribution is -0.659. The maximum absolute atomic E-state index is 4.99. The molecule has 1 aliphatic rings. The van der Waals surface area contributed by atoms with Gasteiger partial charge in [-0.25, -0.2) is 19.5 Å². The molecule has 7 rings (SSSR count). The molecular weight excluding hydrogens is 520 g/mol. The summed E-state index contributed by atoms with van der Waals surface area (Å²) in [5.41, 5.74) is 4.63. The summed E-state index contributed by atoms with van der Waals surface area (Å²) in [6, 6.07) is 22.4. The van der Waals surface area contributed by atoms with Gasteiger partial charge in [-0.3, -0.25) is 0 Å². The Morgan fingerprint density at radius 3 is 2.05 bits per heavy atom. The minimum Gasteiger partial charge on any atom is -0.217 e. The van der Waals surface area contributed by atoms with E-state index in [2.05, 4.69) is 127 Å². The molecule has 204 valence electrons. The normalized spacial score (nSPS) is 13.3. The Morgan fingerprint density at radius 2 is 1.34 bits per heavy atom. The fourth-order valence-corrected chi connectivity index (χ4v) is 7.21. The van der Waals surface area contributed by atoms with Crippen molar-refractivity contribution >= 4 is 44.1 Å². The van der Waals surface area contributed by atoms with Gasteiger partial charge in [-0.2, -0.15) is 0 Å². The summed E-state index contributed by atoms with van der Waals surface area (Å²) in [6.07, 6.45) is 2.21. The van der Waals surface area contributed by atoms with Gasteiger partial charge < -0.3 is 0 Å². The van der Waals surface area contributed by atoms with Crippen LogP contribution in [0.4, 0.5) is 0 Å². The van der Waals surface area contributed by atoms with Crippen LogP contribution < -0.4 is 4.57 Å². The Morgan fingerprint density at radius 1 is 0.683 bits per heavy atom. The van der Waals surface area contributed by atoms with E-state index in [-0.39, 0.29) is 10.8 Å². The number of aryl methyl sites for hydroxylation is 2. The van der Waals surface area contributed by atoms with Crippen LogP contribution >= 0.6 is 11.8 Å². The SMILES string of the molecule is Cc1c2c(cc3ccccc13)Sc1cc3ccc(-c4nc(C(C)(C)C)nc(C(C)(C)C)n4)cc3c3cc[n+](C)c-2c13. The van der Waals surface area contributed by atoms with Crippen molar-refractivity contribution in [3.8, 4) is 22.6 Å². The van der Waals surface area contributed by atoms with E-state index >= 15 is 0 Å². The maximum Gasteiger partial charge on any atom is 0.222 e. The Balaban J connectivity index is 1.51. The predicted molar refractivity (Wildman–Crippen MR) is 171 cm³/mol. The first-order valence-corrected chi connectivity index (χ1v) is 15.1. The van der Waals surface area contributed by atoms with Crippen LogP contribution in [0.15, 0.2) is 76.7 Å². The minimum absolute atomic E-state index is 0.177. The van der Waals surface area contributed by atoms with Crippen molar-refractivity contribution in [2.75, 3.05) is 0 Å². The van der Waals surface area contributed by atoms with Crippen molar-refractivity contribution in [2.24, 2.45) is 7.05 Å². The molecule has 0 spiro atoms. The average molecular weight is 556 g/mol. The van der Waals surface area contributed by atoms with Gasteiger partial charge in [0, 0.05) is 37.6 Å². The van der Waals surface area contributed by atoms with Crippen LogP contribution in [0.25, 0.3) is 55.0 Å². The molecule has 2 aromatic heterocycles. The largest absolute Gasteiger partial charge is 0.222 e. The second kappa shape index (κ2) is 8.83. The molecule has 5 heteroatoms. The van der Waals surface area contributed by atoms with Gasteiger partial charge >= 0.3 is 0 Å². The highest BCUT2D eigenvalue weighted by Gasteiger charge is 2.30. The van der Waals surface area contributed by atoms with E-state index in [9.17, 15) is 0 Å². The third-order valence-electron chi connectivity index (χ3n) is 8.16. The van der Waals surface area contributed by atoms with Crippen molar-refractivity contribution in [3.63, 3.8) is 0 Å². The van der Waals surface area contributed by atoms with Crippen LogP contribution in [0, 0.1) is 6.92 Å². The molecule has 0 saturated carbocycles. The molecular formula is C36H35N4S+. The maximum atomic E-state index is 4.99. The van der Waals surface area contributed by atoms with Crippen molar-refractivity contribution in [3.05, 3.63) is 84.1 Å². The fraction of sp³-hybridized carbons (Fsp3) is 0.278. The molecule has 0 saturated heterocycles. The van der Waals surface area contributed by atoms with Crippen molar-refractivity contribution < 1.29 is 4.57 Å². The number of benzene rings is 4. The molecule has 0 radical (unpaired) electrons. The van der Waals surface area contributed by atoms with Gasteiger partial charge in [0.15, 0.2) is 12.0 Å². The Kier molecular flexibility index (Phi) is 5.62. The van der Waals surface area contributed by atoms with E-state index in [1.165, 1.54) is 58.9 Å². The summed E-state index contributed by atoms with van der Waals surface area (Å²) in [5, 5.41) is 7.64. The summed E-state index contributed by atoms with van der Waals surface area (Å²) >= 11 is 1.89. The van der Waals surface area contributed by atoms with E-state index in [1.54, 1.807) is 0 Å². The third-order valence-corrected chi connectivity index (χ3v) is 9.25.